The first kappa shape index (κ1) is 12.0. The molecule has 0 aliphatic heterocycles. The molecule has 88 valence electrons. The van der Waals surface area contributed by atoms with Crippen LogP contribution in [-0.4, -0.2) is 23.7 Å². The van der Waals surface area contributed by atoms with Gasteiger partial charge in [-0.25, -0.2) is 4.98 Å². The number of methoxy groups -OCH3 is 1. The van der Waals surface area contributed by atoms with Crippen LogP contribution in [0.5, 0.6) is 0 Å². The van der Waals surface area contributed by atoms with Gasteiger partial charge in [-0.15, -0.1) is 0 Å². The van der Waals surface area contributed by atoms with Crippen LogP contribution in [0.15, 0.2) is 36.4 Å². The fourth-order valence-corrected chi connectivity index (χ4v) is 1.83. The molecule has 1 N–H and O–H groups in total. The van der Waals surface area contributed by atoms with Crippen molar-refractivity contribution in [3.63, 3.8) is 0 Å². The van der Waals surface area contributed by atoms with E-state index in [0.717, 1.165) is 23.5 Å². The molecule has 0 spiro atoms. The predicted molar refractivity (Wildman–Crippen MR) is 70.4 cm³/mol. The molecule has 2 aromatic rings. The van der Waals surface area contributed by atoms with Gasteiger partial charge < -0.3 is 9.72 Å². The lowest BCUT2D eigenvalue weighted by molar-refractivity contribution is 0.200. The van der Waals surface area contributed by atoms with Gasteiger partial charge >= 0.3 is 0 Å². The molecule has 4 heteroatoms. The van der Waals surface area contributed by atoms with Gasteiger partial charge in [0.05, 0.1) is 6.61 Å². The summed E-state index contributed by atoms with van der Waals surface area (Å²) in [5, 5.41) is 0. The van der Waals surface area contributed by atoms with Gasteiger partial charge in [0, 0.05) is 19.2 Å². The first-order valence-corrected chi connectivity index (χ1v) is 5.85. The molecule has 0 aliphatic carbocycles. The third-order valence-corrected chi connectivity index (χ3v) is 2.63. The number of hydrogen-bond donors (Lipinski definition) is 1. The third kappa shape index (κ3) is 3.22. The molecule has 0 aliphatic rings. The number of nitrogens with zero attached hydrogens (tertiary/aromatic N) is 1. The molecule has 1 heterocycles. The predicted octanol–water partition coefficient (Wildman–Crippen LogP) is 3.00. The van der Waals surface area contributed by atoms with Gasteiger partial charge in [-0.3, -0.25) is 0 Å². The Labute approximate surface area is 105 Å². The maximum Gasteiger partial charge on any atom is 0.130 e. The summed E-state index contributed by atoms with van der Waals surface area (Å²) in [5.74, 6) is 0.859. The lowest BCUT2D eigenvalue weighted by Gasteiger charge is -2.05. The minimum absolute atomic E-state index is 0.605. The van der Waals surface area contributed by atoms with Crippen molar-refractivity contribution in [2.75, 3.05) is 13.7 Å². The van der Waals surface area contributed by atoms with Crippen molar-refractivity contribution < 1.29 is 4.74 Å². The molecule has 17 heavy (non-hydrogen) atoms. The summed E-state index contributed by atoms with van der Waals surface area (Å²) in [5.41, 5.74) is 2.11. The topological polar surface area (TPSA) is 37.9 Å². The first-order chi connectivity index (χ1) is 8.29. The highest BCUT2D eigenvalue weighted by Crippen LogP contribution is 2.16. The maximum absolute atomic E-state index is 5.17. The zero-order valence-electron chi connectivity index (χ0n) is 9.64. The van der Waals surface area contributed by atoms with Gasteiger partial charge in [0.25, 0.3) is 0 Å². The average molecular weight is 246 g/mol. The molecular weight excluding hydrogens is 232 g/mol. The van der Waals surface area contributed by atoms with E-state index in [4.69, 9.17) is 17.0 Å². The molecule has 2 rings (SSSR count). The quantitative estimate of drug-likeness (QED) is 0.843. The number of nitrogens with one attached hydrogen (secondary N) is 1. The number of hydrogen-bond acceptors (Lipinski definition) is 3. The Bertz CT molecular complexity index is 537. The molecule has 0 amide bonds. The van der Waals surface area contributed by atoms with Gasteiger partial charge in [0.1, 0.15) is 10.5 Å². The minimum atomic E-state index is 0.605. The zero-order valence-corrected chi connectivity index (χ0v) is 10.5. The summed E-state index contributed by atoms with van der Waals surface area (Å²) >= 11 is 5.17. The van der Waals surface area contributed by atoms with Crippen LogP contribution < -0.4 is 0 Å². The van der Waals surface area contributed by atoms with Crippen LogP contribution in [-0.2, 0) is 11.2 Å². The number of ether oxygens (including phenoxy) is 1. The second-order valence-electron chi connectivity index (χ2n) is 3.69. The summed E-state index contributed by atoms with van der Waals surface area (Å²) in [6, 6.07) is 12.0. The van der Waals surface area contributed by atoms with E-state index in [1.807, 2.05) is 36.4 Å². The van der Waals surface area contributed by atoms with E-state index >= 15 is 0 Å². The normalized spacial score (nSPS) is 10.4. The Morgan fingerprint density at radius 1 is 1.29 bits per heavy atom. The smallest absolute Gasteiger partial charge is 0.130 e. The number of aromatic nitrogens is 2. The molecule has 1 aromatic carbocycles. The Morgan fingerprint density at radius 3 is 2.76 bits per heavy atom. The number of H-pyrrole nitrogens is 1. The third-order valence-electron chi connectivity index (χ3n) is 2.42. The Morgan fingerprint density at radius 2 is 2.06 bits per heavy atom. The second-order valence-corrected chi connectivity index (χ2v) is 4.11. The van der Waals surface area contributed by atoms with Gasteiger partial charge in [-0.2, -0.15) is 0 Å². The van der Waals surface area contributed by atoms with Crippen LogP contribution in [0, 0.1) is 4.64 Å². The molecular formula is C13H14N2OS. The lowest BCUT2D eigenvalue weighted by Crippen LogP contribution is -2.01. The van der Waals surface area contributed by atoms with Crippen LogP contribution >= 0.6 is 12.2 Å². The van der Waals surface area contributed by atoms with Crippen molar-refractivity contribution in [2.45, 2.75) is 6.42 Å². The second kappa shape index (κ2) is 5.70. The Kier molecular flexibility index (Phi) is 4.01. The van der Waals surface area contributed by atoms with Gasteiger partial charge in [-0.1, -0.05) is 42.5 Å². The molecule has 0 saturated heterocycles. The molecule has 0 atom stereocenters. The summed E-state index contributed by atoms with van der Waals surface area (Å²) in [6.07, 6.45) is 0.737. The van der Waals surface area contributed by atoms with E-state index in [0.29, 0.717) is 11.2 Å². The van der Waals surface area contributed by atoms with Crippen molar-refractivity contribution in [1.29, 1.82) is 0 Å². The van der Waals surface area contributed by atoms with Crippen molar-refractivity contribution in [1.82, 2.24) is 9.97 Å². The van der Waals surface area contributed by atoms with Crippen LogP contribution in [0.25, 0.3) is 11.3 Å². The van der Waals surface area contributed by atoms with E-state index in [9.17, 15) is 0 Å². The molecule has 0 radical (unpaired) electrons. The minimum Gasteiger partial charge on any atom is -0.384 e. The van der Waals surface area contributed by atoms with Gasteiger partial charge in [-0.05, 0) is 11.6 Å². The van der Waals surface area contributed by atoms with E-state index < -0.39 is 0 Å². The largest absolute Gasteiger partial charge is 0.384 e. The van der Waals surface area contributed by atoms with Gasteiger partial charge in [0.2, 0.25) is 0 Å². The molecule has 0 bridgehead atoms. The lowest BCUT2D eigenvalue weighted by atomic mass is 10.1. The van der Waals surface area contributed by atoms with Crippen molar-refractivity contribution in [2.24, 2.45) is 0 Å². The van der Waals surface area contributed by atoms with E-state index in [1.54, 1.807) is 7.11 Å². The van der Waals surface area contributed by atoms with Crippen molar-refractivity contribution >= 4 is 12.2 Å². The molecule has 0 unspecified atom stereocenters. The highest BCUT2D eigenvalue weighted by atomic mass is 32.1. The first-order valence-electron chi connectivity index (χ1n) is 5.44. The Hall–Kier alpha value is -1.52. The number of aromatic amines is 1. The number of rotatable bonds is 4. The van der Waals surface area contributed by atoms with Crippen LogP contribution in [0.3, 0.4) is 0 Å². The van der Waals surface area contributed by atoms with Crippen LogP contribution in [0.2, 0.25) is 0 Å². The van der Waals surface area contributed by atoms with Crippen molar-refractivity contribution in [3.05, 3.63) is 46.9 Å². The summed E-state index contributed by atoms with van der Waals surface area (Å²) in [4.78, 5) is 7.55. The summed E-state index contributed by atoms with van der Waals surface area (Å²) in [6.45, 7) is 0.635. The number of benzene rings is 1. The average Bonchev–Trinajstić information content (AvgIpc) is 2.37. The van der Waals surface area contributed by atoms with Crippen LogP contribution in [0.4, 0.5) is 0 Å². The molecule has 0 fully saturated rings. The van der Waals surface area contributed by atoms with E-state index in [1.165, 1.54) is 0 Å². The summed E-state index contributed by atoms with van der Waals surface area (Å²) in [7, 11) is 1.68. The fraction of sp³-hybridized carbons (Fsp3) is 0.231. The van der Waals surface area contributed by atoms with Crippen molar-refractivity contribution in [3.8, 4) is 11.3 Å². The monoisotopic (exact) mass is 246 g/mol. The summed E-state index contributed by atoms with van der Waals surface area (Å²) < 4.78 is 5.64. The van der Waals surface area contributed by atoms with E-state index in [2.05, 4.69) is 9.97 Å². The Balaban J connectivity index is 2.35. The fourth-order valence-electron chi connectivity index (χ4n) is 1.60. The van der Waals surface area contributed by atoms with Gasteiger partial charge in [0.15, 0.2) is 0 Å². The molecule has 1 aromatic heterocycles. The SMILES string of the molecule is COCCc1nc(=S)cc(-c2ccccc2)[nH]1. The highest BCUT2D eigenvalue weighted by molar-refractivity contribution is 7.71. The zero-order chi connectivity index (χ0) is 12.1. The molecule has 0 saturated carbocycles. The van der Waals surface area contributed by atoms with Crippen LogP contribution in [0.1, 0.15) is 5.82 Å². The maximum atomic E-state index is 5.17. The highest BCUT2D eigenvalue weighted by Gasteiger charge is 2.01. The van der Waals surface area contributed by atoms with E-state index in [-0.39, 0.29) is 0 Å². The standard InChI is InChI=1S/C13H14N2OS/c1-16-8-7-12-14-11(9-13(17)15-12)10-5-3-2-4-6-10/h2-6,9H,7-8H2,1H3,(H,14,15,17). The molecule has 3 nitrogen and oxygen atoms in total.